The lowest BCUT2D eigenvalue weighted by molar-refractivity contribution is -0.0376. The standard InChI is InChI=1S/C20H32N2O3S/c1-20(14-21-13-12-19(20)22-26(2,23)24)15-25-18-10-8-17(9-11-18)16-6-4-3-5-7-16/h3-7,17-19,21-22H,8-15H2,1-2H3. The smallest absolute Gasteiger partial charge is 0.208 e. The van der Waals surface area contributed by atoms with Crippen LogP contribution in [0.4, 0.5) is 0 Å². The van der Waals surface area contributed by atoms with Crippen molar-refractivity contribution in [1.82, 2.24) is 10.0 Å². The van der Waals surface area contributed by atoms with E-state index in [1.165, 1.54) is 11.8 Å². The van der Waals surface area contributed by atoms with Crippen LogP contribution in [0.25, 0.3) is 0 Å². The molecule has 0 aromatic heterocycles. The van der Waals surface area contributed by atoms with Crippen LogP contribution in [-0.2, 0) is 14.8 Å². The zero-order valence-corrected chi connectivity index (χ0v) is 16.7. The van der Waals surface area contributed by atoms with Crippen LogP contribution in [-0.4, -0.2) is 46.5 Å². The van der Waals surface area contributed by atoms with Crippen molar-refractivity contribution in [3.8, 4) is 0 Å². The first-order valence-electron chi connectivity index (χ1n) is 9.70. The molecule has 6 heteroatoms. The van der Waals surface area contributed by atoms with Crippen LogP contribution in [0.5, 0.6) is 0 Å². The molecule has 0 amide bonds. The molecule has 1 aromatic carbocycles. The van der Waals surface area contributed by atoms with Gasteiger partial charge in [-0.2, -0.15) is 0 Å². The maximum absolute atomic E-state index is 11.7. The number of ether oxygens (including phenoxy) is 1. The summed E-state index contributed by atoms with van der Waals surface area (Å²) in [4.78, 5) is 0. The number of sulfonamides is 1. The van der Waals surface area contributed by atoms with E-state index >= 15 is 0 Å². The molecule has 1 aliphatic carbocycles. The Morgan fingerprint density at radius 2 is 1.85 bits per heavy atom. The summed E-state index contributed by atoms with van der Waals surface area (Å²) in [5, 5.41) is 3.39. The van der Waals surface area contributed by atoms with Gasteiger partial charge in [-0.3, -0.25) is 0 Å². The third kappa shape index (κ3) is 5.28. The van der Waals surface area contributed by atoms with Gasteiger partial charge in [0.25, 0.3) is 0 Å². The van der Waals surface area contributed by atoms with Crippen LogP contribution < -0.4 is 10.0 Å². The Balaban J connectivity index is 1.51. The second-order valence-electron chi connectivity index (χ2n) is 8.26. The van der Waals surface area contributed by atoms with Gasteiger partial charge in [0, 0.05) is 18.0 Å². The third-order valence-electron chi connectivity index (χ3n) is 5.93. The normalized spacial score (nSPS) is 33.1. The molecule has 0 bridgehead atoms. The average Bonchev–Trinajstić information content (AvgIpc) is 2.62. The fourth-order valence-electron chi connectivity index (χ4n) is 4.30. The predicted octanol–water partition coefficient (Wildman–Crippen LogP) is 2.65. The van der Waals surface area contributed by atoms with Crippen molar-refractivity contribution in [2.24, 2.45) is 5.41 Å². The van der Waals surface area contributed by atoms with Crippen molar-refractivity contribution >= 4 is 10.0 Å². The van der Waals surface area contributed by atoms with Gasteiger partial charge in [0.1, 0.15) is 0 Å². The van der Waals surface area contributed by atoms with E-state index in [1.807, 2.05) is 0 Å². The average molecular weight is 381 g/mol. The first kappa shape index (κ1) is 19.8. The maximum atomic E-state index is 11.7. The molecule has 2 fully saturated rings. The van der Waals surface area contributed by atoms with Crippen LogP contribution in [0.2, 0.25) is 0 Å². The maximum Gasteiger partial charge on any atom is 0.208 e. The van der Waals surface area contributed by atoms with Gasteiger partial charge in [-0.25, -0.2) is 13.1 Å². The summed E-state index contributed by atoms with van der Waals surface area (Å²) in [5.41, 5.74) is 1.23. The van der Waals surface area contributed by atoms with Gasteiger partial charge in [0.15, 0.2) is 0 Å². The monoisotopic (exact) mass is 380 g/mol. The fourth-order valence-corrected chi connectivity index (χ4v) is 5.22. The van der Waals surface area contributed by atoms with Gasteiger partial charge in [0.2, 0.25) is 10.0 Å². The molecule has 1 saturated carbocycles. The summed E-state index contributed by atoms with van der Waals surface area (Å²) in [6, 6.07) is 10.7. The molecule has 2 aliphatic rings. The van der Waals surface area contributed by atoms with E-state index in [-0.39, 0.29) is 17.6 Å². The molecule has 5 nitrogen and oxygen atoms in total. The summed E-state index contributed by atoms with van der Waals surface area (Å²) in [5.74, 6) is 0.641. The molecule has 146 valence electrons. The lowest BCUT2D eigenvalue weighted by Crippen LogP contribution is -2.57. The molecule has 1 aliphatic heterocycles. The van der Waals surface area contributed by atoms with Crippen molar-refractivity contribution in [2.45, 2.75) is 57.1 Å². The molecule has 2 atom stereocenters. The zero-order valence-electron chi connectivity index (χ0n) is 15.9. The summed E-state index contributed by atoms with van der Waals surface area (Å²) >= 11 is 0. The number of benzene rings is 1. The van der Waals surface area contributed by atoms with Gasteiger partial charge in [-0.1, -0.05) is 37.3 Å². The minimum atomic E-state index is -3.21. The molecular formula is C20H32N2O3S. The van der Waals surface area contributed by atoms with Gasteiger partial charge >= 0.3 is 0 Å². The number of hydrogen-bond donors (Lipinski definition) is 2. The lowest BCUT2D eigenvalue weighted by atomic mass is 9.79. The molecular weight excluding hydrogens is 348 g/mol. The minimum Gasteiger partial charge on any atom is -0.378 e. The van der Waals surface area contributed by atoms with Crippen molar-refractivity contribution in [1.29, 1.82) is 0 Å². The van der Waals surface area contributed by atoms with Crippen LogP contribution in [0.1, 0.15) is 50.5 Å². The van der Waals surface area contributed by atoms with Crippen molar-refractivity contribution in [3.63, 3.8) is 0 Å². The topological polar surface area (TPSA) is 67.4 Å². The number of piperidine rings is 1. The summed E-state index contributed by atoms with van der Waals surface area (Å²) < 4.78 is 32.5. The van der Waals surface area contributed by atoms with Gasteiger partial charge < -0.3 is 10.1 Å². The van der Waals surface area contributed by atoms with E-state index in [2.05, 4.69) is 47.3 Å². The largest absolute Gasteiger partial charge is 0.378 e. The van der Waals surface area contributed by atoms with E-state index in [4.69, 9.17) is 4.74 Å². The Kier molecular flexibility index (Phi) is 6.38. The van der Waals surface area contributed by atoms with Crippen molar-refractivity contribution in [3.05, 3.63) is 35.9 Å². The quantitative estimate of drug-likeness (QED) is 0.796. The molecule has 1 aromatic rings. The van der Waals surface area contributed by atoms with E-state index in [9.17, 15) is 8.42 Å². The Bertz CT molecular complexity index is 672. The third-order valence-corrected chi connectivity index (χ3v) is 6.64. The van der Waals surface area contributed by atoms with Gasteiger partial charge in [-0.15, -0.1) is 0 Å². The molecule has 0 spiro atoms. The summed E-state index contributed by atoms with van der Waals surface area (Å²) in [6.45, 7) is 4.33. The van der Waals surface area contributed by atoms with E-state index in [0.29, 0.717) is 12.5 Å². The highest BCUT2D eigenvalue weighted by Crippen LogP contribution is 2.35. The number of nitrogens with one attached hydrogen (secondary N) is 2. The molecule has 2 N–H and O–H groups in total. The SMILES string of the molecule is CC1(COC2CCC(c3ccccc3)CC2)CNCCC1NS(C)(=O)=O. The fraction of sp³-hybridized carbons (Fsp3) is 0.700. The second-order valence-corrected chi connectivity index (χ2v) is 10.0. The first-order valence-corrected chi connectivity index (χ1v) is 11.6. The zero-order chi connectivity index (χ0) is 18.6. The number of rotatable bonds is 6. The number of hydrogen-bond acceptors (Lipinski definition) is 4. The Labute approximate surface area is 158 Å². The molecule has 26 heavy (non-hydrogen) atoms. The lowest BCUT2D eigenvalue weighted by Gasteiger charge is -2.42. The Morgan fingerprint density at radius 1 is 1.15 bits per heavy atom. The van der Waals surface area contributed by atoms with Crippen molar-refractivity contribution < 1.29 is 13.2 Å². The van der Waals surface area contributed by atoms with E-state index in [1.54, 1.807) is 0 Å². The molecule has 1 heterocycles. The summed E-state index contributed by atoms with van der Waals surface area (Å²) in [6.07, 6.45) is 6.80. The predicted molar refractivity (Wildman–Crippen MR) is 105 cm³/mol. The van der Waals surface area contributed by atoms with Crippen LogP contribution >= 0.6 is 0 Å². The highest BCUT2D eigenvalue weighted by Gasteiger charge is 2.39. The molecule has 0 radical (unpaired) electrons. The van der Waals surface area contributed by atoms with E-state index in [0.717, 1.165) is 45.2 Å². The van der Waals surface area contributed by atoms with Gasteiger partial charge in [0.05, 0.1) is 19.0 Å². The highest BCUT2D eigenvalue weighted by molar-refractivity contribution is 7.88. The molecule has 3 rings (SSSR count). The van der Waals surface area contributed by atoms with Crippen LogP contribution in [0.3, 0.4) is 0 Å². The second kappa shape index (κ2) is 8.38. The first-order chi connectivity index (χ1) is 12.4. The minimum absolute atomic E-state index is 0.0700. The van der Waals surface area contributed by atoms with Gasteiger partial charge in [-0.05, 0) is 50.1 Å². The highest BCUT2D eigenvalue weighted by atomic mass is 32.2. The van der Waals surface area contributed by atoms with Crippen molar-refractivity contribution in [2.75, 3.05) is 26.0 Å². The molecule has 1 saturated heterocycles. The van der Waals surface area contributed by atoms with Crippen LogP contribution in [0.15, 0.2) is 30.3 Å². The molecule has 2 unspecified atom stereocenters. The Morgan fingerprint density at radius 3 is 2.50 bits per heavy atom. The summed E-state index contributed by atoms with van der Waals surface area (Å²) in [7, 11) is -3.21. The van der Waals surface area contributed by atoms with Crippen LogP contribution in [0, 0.1) is 5.41 Å². The Hall–Kier alpha value is -0.950. The van der Waals surface area contributed by atoms with E-state index < -0.39 is 10.0 Å².